The second-order valence-electron chi connectivity index (χ2n) is 8.05. The van der Waals surface area contributed by atoms with Gasteiger partial charge in [0.15, 0.2) is 0 Å². The summed E-state index contributed by atoms with van der Waals surface area (Å²) in [5.74, 6) is 0. The minimum Gasteiger partial charge on any atom is -0.376 e. The molecule has 1 aliphatic heterocycles. The first-order valence-corrected chi connectivity index (χ1v) is 10.8. The largest absolute Gasteiger partial charge is 0.416 e. The van der Waals surface area contributed by atoms with Gasteiger partial charge in [-0.15, -0.1) is 0 Å². The van der Waals surface area contributed by atoms with Gasteiger partial charge in [0.1, 0.15) is 0 Å². The topological polar surface area (TPSA) is 47.0 Å². The van der Waals surface area contributed by atoms with E-state index in [9.17, 15) is 13.2 Å². The standard InChI is InChI=1S/C24H23ClF3N3O/c25-22-30-13-19(14-31-22)18-10-17(11-21(12-18)24(26,27)28)15-32-16-23(6-8-29-9-7-23)20-4-2-1-3-5-20/h1-5,10-14,29H,6-9,15-16H2. The van der Waals surface area contributed by atoms with Crippen molar-refractivity contribution in [3.63, 3.8) is 0 Å². The number of ether oxygens (including phenoxy) is 1. The third-order valence-electron chi connectivity index (χ3n) is 5.87. The Bertz CT molecular complexity index is 1040. The number of nitrogens with one attached hydrogen (secondary N) is 1. The van der Waals surface area contributed by atoms with Crippen molar-refractivity contribution >= 4 is 11.6 Å². The lowest BCUT2D eigenvalue weighted by molar-refractivity contribution is -0.137. The highest BCUT2D eigenvalue weighted by molar-refractivity contribution is 6.28. The molecule has 2 heterocycles. The number of hydrogen-bond acceptors (Lipinski definition) is 4. The summed E-state index contributed by atoms with van der Waals surface area (Å²) in [6.07, 6.45) is 0.169. The molecule has 168 valence electrons. The van der Waals surface area contributed by atoms with Crippen molar-refractivity contribution in [3.8, 4) is 11.1 Å². The number of piperidine rings is 1. The highest BCUT2D eigenvalue weighted by Gasteiger charge is 2.34. The Morgan fingerprint density at radius 1 is 0.969 bits per heavy atom. The van der Waals surface area contributed by atoms with Gasteiger partial charge in [0.2, 0.25) is 5.28 Å². The molecule has 1 aromatic heterocycles. The van der Waals surface area contributed by atoms with Crippen LogP contribution in [0.5, 0.6) is 0 Å². The van der Waals surface area contributed by atoms with Crippen LogP contribution in [0, 0.1) is 0 Å². The lowest BCUT2D eigenvalue weighted by Gasteiger charge is -2.38. The molecule has 0 atom stereocenters. The minimum absolute atomic E-state index is 0.0393. The van der Waals surface area contributed by atoms with Gasteiger partial charge < -0.3 is 10.1 Å². The number of alkyl halides is 3. The maximum Gasteiger partial charge on any atom is 0.416 e. The average Bonchev–Trinajstić information content (AvgIpc) is 2.80. The lowest BCUT2D eigenvalue weighted by Crippen LogP contribution is -2.43. The quantitative estimate of drug-likeness (QED) is 0.481. The van der Waals surface area contributed by atoms with Crippen molar-refractivity contribution in [3.05, 3.63) is 82.9 Å². The number of benzene rings is 2. The van der Waals surface area contributed by atoms with Gasteiger partial charge in [-0.2, -0.15) is 13.2 Å². The molecule has 1 aliphatic rings. The first-order valence-electron chi connectivity index (χ1n) is 10.4. The third-order valence-corrected chi connectivity index (χ3v) is 6.06. The molecule has 0 radical (unpaired) electrons. The van der Waals surface area contributed by atoms with Crippen LogP contribution < -0.4 is 5.32 Å². The number of rotatable bonds is 6. The molecule has 0 amide bonds. The molecule has 0 unspecified atom stereocenters. The predicted molar refractivity (Wildman–Crippen MR) is 117 cm³/mol. The summed E-state index contributed by atoms with van der Waals surface area (Å²) in [4.78, 5) is 7.76. The molecule has 1 saturated heterocycles. The van der Waals surface area contributed by atoms with E-state index in [1.165, 1.54) is 18.0 Å². The lowest BCUT2D eigenvalue weighted by atomic mass is 9.74. The van der Waals surface area contributed by atoms with E-state index >= 15 is 0 Å². The first kappa shape index (κ1) is 22.7. The number of hydrogen-bond donors (Lipinski definition) is 1. The smallest absolute Gasteiger partial charge is 0.376 e. The van der Waals surface area contributed by atoms with Crippen molar-refractivity contribution in [2.24, 2.45) is 0 Å². The Balaban J connectivity index is 1.56. The molecule has 8 heteroatoms. The Hall–Kier alpha value is -2.48. The van der Waals surface area contributed by atoms with Crippen molar-refractivity contribution in [2.75, 3.05) is 19.7 Å². The van der Waals surface area contributed by atoms with Gasteiger partial charge in [0.05, 0.1) is 18.8 Å². The molecule has 0 bridgehead atoms. The molecular formula is C24H23ClF3N3O. The van der Waals surface area contributed by atoms with Gasteiger partial charge in [0.25, 0.3) is 0 Å². The predicted octanol–water partition coefficient (Wildman–Crippen LogP) is 5.65. The van der Waals surface area contributed by atoms with Gasteiger partial charge >= 0.3 is 6.18 Å². The molecule has 1 fully saturated rings. The fourth-order valence-corrected chi connectivity index (χ4v) is 4.24. The zero-order chi connectivity index (χ0) is 22.6. The average molecular weight is 462 g/mol. The summed E-state index contributed by atoms with van der Waals surface area (Å²) in [6, 6.07) is 14.1. The molecule has 0 saturated carbocycles. The summed E-state index contributed by atoms with van der Waals surface area (Å²) in [6.45, 7) is 2.27. The van der Waals surface area contributed by atoms with Crippen LogP contribution in [0.2, 0.25) is 5.28 Å². The first-order chi connectivity index (χ1) is 15.4. The number of halogens is 4. The molecule has 0 spiro atoms. The van der Waals surface area contributed by atoms with Crippen molar-refractivity contribution in [2.45, 2.75) is 31.0 Å². The molecule has 32 heavy (non-hydrogen) atoms. The molecular weight excluding hydrogens is 439 g/mol. The van der Waals surface area contributed by atoms with Crippen LogP contribution in [0.1, 0.15) is 29.5 Å². The molecule has 2 aromatic carbocycles. The van der Waals surface area contributed by atoms with Crippen LogP contribution >= 0.6 is 11.6 Å². The summed E-state index contributed by atoms with van der Waals surface area (Å²) >= 11 is 5.71. The maximum absolute atomic E-state index is 13.5. The van der Waals surface area contributed by atoms with E-state index in [0.717, 1.165) is 38.1 Å². The molecule has 4 rings (SSSR count). The zero-order valence-electron chi connectivity index (χ0n) is 17.3. The van der Waals surface area contributed by atoms with E-state index in [4.69, 9.17) is 16.3 Å². The second kappa shape index (κ2) is 9.57. The number of aromatic nitrogens is 2. The molecule has 0 aliphatic carbocycles. The molecule has 4 nitrogen and oxygen atoms in total. The third kappa shape index (κ3) is 5.28. The van der Waals surface area contributed by atoms with Gasteiger partial charge in [0, 0.05) is 23.4 Å². The SMILES string of the molecule is FC(F)(F)c1cc(COCC2(c3ccccc3)CCNCC2)cc(-c2cnc(Cl)nc2)c1. The zero-order valence-corrected chi connectivity index (χ0v) is 18.1. The maximum atomic E-state index is 13.5. The van der Waals surface area contributed by atoms with Crippen molar-refractivity contribution < 1.29 is 17.9 Å². The van der Waals surface area contributed by atoms with Crippen LogP contribution in [-0.2, 0) is 22.9 Å². The van der Waals surface area contributed by atoms with E-state index < -0.39 is 11.7 Å². The van der Waals surface area contributed by atoms with Crippen LogP contribution in [-0.4, -0.2) is 29.7 Å². The van der Waals surface area contributed by atoms with E-state index in [2.05, 4.69) is 27.4 Å². The molecule has 1 N–H and O–H groups in total. The second-order valence-corrected chi connectivity index (χ2v) is 8.38. The minimum atomic E-state index is -4.47. The summed E-state index contributed by atoms with van der Waals surface area (Å²) in [5.41, 5.74) is 1.59. The summed E-state index contributed by atoms with van der Waals surface area (Å²) in [7, 11) is 0. The molecule has 3 aromatic rings. The van der Waals surface area contributed by atoms with E-state index in [0.29, 0.717) is 23.3 Å². The van der Waals surface area contributed by atoms with E-state index in [1.54, 1.807) is 6.07 Å². The van der Waals surface area contributed by atoms with E-state index in [-0.39, 0.29) is 17.3 Å². The van der Waals surface area contributed by atoms with Crippen LogP contribution in [0.4, 0.5) is 13.2 Å². The van der Waals surface area contributed by atoms with Gasteiger partial charge in [-0.3, -0.25) is 0 Å². The van der Waals surface area contributed by atoms with Gasteiger partial charge in [-0.1, -0.05) is 30.3 Å². The summed E-state index contributed by atoms with van der Waals surface area (Å²) < 4.78 is 46.6. The Morgan fingerprint density at radius 3 is 2.31 bits per heavy atom. The highest BCUT2D eigenvalue weighted by atomic mass is 35.5. The van der Waals surface area contributed by atoms with Crippen LogP contribution in [0.25, 0.3) is 11.1 Å². The fraction of sp³-hybridized carbons (Fsp3) is 0.333. The van der Waals surface area contributed by atoms with Crippen molar-refractivity contribution in [1.29, 1.82) is 0 Å². The normalized spacial score (nSPS) is 16.1. The van der Waals surface area contributed by atoms with Crippen molar-refractivity contribution in [1.82, 2.24) is 15.3 Å². The highest BCUT2D eigenvalue weighted by Crippen LogP contribution is 2.36. The van der Waals surface area contributed by atoms with Gasteiger partial charge in [-0.25, -0.2) is 9.97 Å². The van der Waals surface area contributed by atoms with Crippen LogP contribution in [0.15, 0.2) is 60.9 Å². The Kier molecular flexibility index (Phi) is 6.79. The van der Waals surface area contributed by atoms with Gasteiger partial charge in [-0.05, 0) is 72.4 Å². The Morgan fingerprint density at radius 2 is 1.66 bits per heavy atom. The monoisotopic (exact) mass is 461 g/mol. The van der Waals surface area contributed by atoms with Crippen LogP contribution in [0.3, 0.4) is 0 Å². The number of nitrogens with zero attached hydrogens (tertiary/aromatic N) is 2. The van der Waals surface area contributed by atoms with E-state index in [1.807, 2.05) is 18.2 Å². The fourth-order valence-electron chi connectivity index (χ4n) is 4.14. The Labute approximate surface area is 189 Å². The summed E-state index contributed by atoms with van der Waals surface area (Å²) in [5, 5.41) is 3.41.